The van der Waals surface area contributed by atoms with Crippen LogP contribution in [0.5, 0.6) is 0 Å². The van der Waals surface area contributed by atoms with Gasteiger partial charge in [-0.2, -0.15) is 0 Å². The molecule has 4 aromatic rings. The molecule has 3 fully saturated rings. The predicted molar refractivity (Wildman–Crippen MR) is 174 cm³/mol. The molecule has 236 valence electrons. The van der Waals surface area contributed by atoms with Gasteiger partial charge in [0.25, 0.3) is 6.47 Å². The summed E-state index contributed by atoms with van der Waals surface area (Å²) in [6.45, 7) is 3.75. The van der Waals surface area contributed by atoms with Crippen molar-refractivity contribution in [3.05, 3.63) is 47.7 Å². The molecule has 3 aromatic heterocycles. The number of nitrogens with one attached hydrogen (secondary N) is 2. The van der Waals surface area contributed by atoms with E-state index in [1.165, 1.54) is 43.0 Å². The van der Waals surface area contributed by atoms with E-state index >= 15 is 0 Å². The number of hydrogen-bond acceptors (Lipinski definition) is 9. The molecule has 45 heavy (non-hydrogen) atoms. The van der Waals surface area contributed by atoms with Crippen molar-refractivity contribution in [2.75, 3.05) is 38.2 Å². The maximum absolute atomic E-state index is 12.4. The van der Waals surface area contributed by atoms with E-state index in [-0.39, 0.29) is 24.7 Å². The third-order valence-electron chi connectivity index (χ3n) is 8.52. The van der Waals surface area contributed by atoms with Crippen LogP contribution in [0.3, 0.4) is 0 Å². The number of anilines is 2. The maximum atomic E-state index is 12.4. The van der Waals surface area contributed by atoms with Crippen LogP contribution >= 0.6 is 11.3 Å². The zero-order valence-corrected chi connectivity index (χ0v) is 25.9. The molecule has 0 radical (unpaired) electrons. The first-order chi connectivity index (χ1) is 22.1. The normalized spacial score (nSPS) is 20.2. The van der Waals surface area contributed by atoms with Crippen LogP contribution < -0.4 is 10.6 Å². The van der Waals surface area contributed by atoms with Gasteiger partial charge in [0, 0.05) is 55.4 Å². The highest BCUT2D eigenvalue weighted by molar-refractivity contribution is 7.20. The quantitative estimate of drug-likeness (QED) is 0.201. The van der Waals surface area contributed by atoms with Crippen LogP contribution in [0.15, 0.2) is 42.9 Å². The second kappa shape index (κ2) is 14.7. The number of carbonyl (C=O) groups excluding carboxylic acids is 1. The lowest BCUT2D eigenvalue weighted by Gasteiger charge is -2.27. The number of thiophene rings is 1. The molecule has 1 amide bonds. The Balaban J connectivity index is 0.00000115. The molecule has 2 aliphatic heterocycles. The van der Waals surface area contributed by atoms with Gasteiger partial charge in [0.1, 0.15) is 12.4 Å². The van der Waals surface area contributed by atoms with Gasteiger partial charge in [0.15, 0.2) is 5.82 Å². The number of nitrogens with zero attached hydrogens (tertiary/aromatic N) is 4. The molecule has 3 N–H and O–H groups in total. The van der Waals surface area contributed by atoms with Crippen LogP contribution in [0.25, 0.3) is 21.1 Å². The lowest BCUT2D eigenvalue weighted by Crippen LogP contribution is -2.42. The molecule has 12 heteroatoms. The van der Waals surface area contributed by atoms with Crippen LogP contribution in [0, 0.1) is 17.8 Å². The van der Waals surface area contributed by atoms with E-state index in [1.807, 2.05) is 6.07 Å². The summed E-state index contributed by atoms with van der Waals surface area (Å²) in [5, 5.41) is 15.0. The number of rotatable bonds is 5. The van der Waals surface area contributed by atoms with E-state index in [4.69, 9.17) is 19.4 Å². The SMILES string of the molecule is O=C(OC1CNC(C#Cc2cc3ncnc(Nc4ccc5c(ccn5CC5CCCCC5)c4)c3s2)C1)N1CCOCC1.O=CO. The van der Waals surface area contributed by atoms with Gasteiger partial charge in [-0.3, -0.25) is 10.1 Å². The summed E-state index contributed by atoms with van der Waals surface area (Å²) in [7, 11) is 0. The lowest BCUT2D eigenvalue weighted by atomic mass is 9.89. The van der Waals surface area contributed by atoms with E-state index in [0.29, 0.717) is 39.3 Å². The Morgan fingerprint density at radius 1 is 1.18 bits per heavy atom. The summed E-state index contributed by atoms with van der Waals surface area (Å²) in [4.78, 5) is 32.4. The molecular weight excluding hydrogens is 592 g/mol. The summed E-state index contributed by atoms with van der Waals surface area (Å²) in [5.74, 6) is 8.20. The highest BCUT2D eigenvalue weighted by Gasteiger charge is 2.28. The average molecular weight is 631 g/mol. The van der Waals surface area contributed by atoms with Crippen molar-refractivity contribution in [1.82, 2.24) is 24.8 Å². The summed E-state index contributed by atoms with van der Waals surface area (Å²) in [5.41, 5.74) is 3.16. The number of hydrogen-bond donors (Lipinski definition) is 3. The van der Waals surface area contributed by atoms with Gasteiger partial charge in [-0.05, 0) is 49.1 Å². The van der Waals surface area contributed by atoms with Crippen LogP contribution in [0.1, 0.15) is 43.4 Å². The van der Waals surface area contributed by atoms with Crippen LogP contribution in [-0.4, -0.2) is 82.1 Å². The molecule has 0 spiro atoms. The van der Waals surface area contributed by atoms with E-state index in [0.717, 1.165) is 39.1 Å². The Hall–Kier alpha value is -4.18. The predicted octanol–water partition coefficient (Wildman–Crippen LogP) is 5.22. The minimum atomic E-state index is -0.266. The monoisotopic (exact) mass is 630 g/mol. The van der Waals surface area contributed by atoms with Crippen molar-refractivity contribution < 1.29 is 24.2 Å². The minimum absolute atomic E-state index is 0.0291. The molecule has 3 aliphatic rings. The van der Waals surface area contributed by atoms with Gasteiger partial charge in [-0.1, -0.05) is 31.1 Å². The van der Waals surface area contributed by atoms with Gasteiger partial charge in [-0.25, -0.2) is 14.8 Å². The number of carboxylic acid groups (broad SMARTS) is 1. The Kier molecular flexibility index (Phi) is 10.1. The number of benzene rings is 1. The van der Waals surface area contributed by atoms with E-state index < -0.39 is 0 Å². The lowest BCUT2D eigenvalue weighted by molar-refractivity contribution is -0.122. The number of morpholine rings is 1. The molecule has 1 saturated carbocycles. The molecule has 1 aliphatic carbocycles. The summed E-state index contributed by atoms with van der Waals surface area (Å²) in [6.07, 6.45) is 10.9. The minimum Gasteiger partial charge on any atom is -0.483 e. The first-order valence-corrected chi connectivity index (χ1v) is 16.4. The highest BCUT2D eigenvalue weighted by Crippen LogP contribution is 2.32. The average Bonchev–Trinajstić information content (AvgIpc) is 3.80. The third kappa shape index (κ3) is 7.73. The zero-order chi connectivity index (χ0) is 31.0. The van der Waals surface area contributed by atoms with Gasteiger partial charge in [0.2, 0.25) is 0 Å². The Bertz CT molecular complexity index is 1680. The molecule has 2 unspecified atom stereocenters. The first kappa shape index (κ1) is 30.8. The summed E-state index contributed by atoms with van der Waals surface area (Å²) < 4.78 is 14.4. The van der Waals surface area contributed by atoms with E-state index in [1.54, 1.807) is 22.6 Å². The van der Waals surface area contributed by atoms with Crippen LogP contribution in [-0.2, 0) is 20.8 Å². The Morgan fingerprint density at radius 3 is 2.82 bits per heavy atom. The van der Waals surface area contributed by atoms with E-state index in [2.05, 4.69) is 67.5 Å². The van der Waals surface area contributed by atoms with Crippen molar-refractivity contribution in [1.29, 1.82) is 0 Å². The molecule has 11 nitrogen and oxygen atoms in total. The molecule has 2 atom stereocenters. The number of carbonyl (C=O) groups is 2. The van der Waals surface area contributed by atoms with Gasteiger partial charge in [0.05, 0.1) is 34.3 Å². The molecule has 0 bridgehead atoms. The standard InChI is InChI=1S/C32H36N6O3S.CH2O2/c39-32(37-12-14-40-15-13-37)41-26-17-24(33-19-26)6-8-27-18-28-30(42-27)31(35-21-34-28)36-25-7-9-29-23(16-25)10-11-38(29)20-22-4-2-1-3-5-22;2-1-3/h7,9-11,16,18,21-22,24,26,33H,1-5,12-15,17,19-20H2,(H,34,35,36);1H,(H,2,3). The largest absolute Gasteiger partial charge is 0.483 e. The number of ether oxygens (including phenoxy) is 2. The van der Waals surface area contributed by atoms with Crippen molar-refractivity contribution in [3.8, 4) is 11.8 Å². The third-order valence-corrected chi connectivity index (χ3v) is 9.57. The van der Waals surface area contributed by atoms with Gasteiger partial charge >= 0.3 is 6.09 Å². The number of fused-ring (bicyclic) bond motifs is 2. The molecule has 2 saturated heterocycles. The number of aromatic nitrogens is 3. The molecular formula is C33H38N6O5S. The maximum Gasteiger partial charge on any atom is 0.410 e. The molecule has 5 heterocycles. The van der Waals surface area contributed by atoms with Crippen LogP contribution in [0.2, 0.25) is 0 Å². The second-order valence-electron chi connectivity index (χ2n) is 11.6. The first-order valence-electron chi connectivity index (χ1n) is 15.6. The molecule has 7 rings (SSSR count). The van der Waals surface area contributed by atoms with Crippen molar-refractivity contribution >= 4 is 56.5 Å². The van der Waals surface area contributed by atoms with E-state index in [9.17, 15) is 4.79 Å². The van der Waals surface area contributed by atoms with Crippen molar-refractivity contribution in [3.63, 3.8) is 0 Å². The van der Waals surface area contributed by atoms with Crippen molar-refractivity contribution in [2.45, 2.75) is 57.2 Å². The summed E-state index contributed by atoms with van der Waals surface area (Å²) >= 11 is 1.59. The fourth-order valence-electron chi connectivity index (χ4n) is 6.25. The fourth-order valence-corrected chi connectivity index (χ4v) is 7.17. The fraction of sp³-hybridized carbons (Fsp3) is 0.455. The Labute approximate surface area is 265 Å². The topological polar surface area (TPSA) is 131 Å². The highest BCUT2D eigenvalue weighted by atomic mass is 32.1. The second-order valence-corrected chi connectivity index (χ2v) is 12.6. The van der Waals surface area contributed by atoms with Gasteiger partial charge < -0.3 is 29.4 Å². The van der Waals surface area contributed by atoms with Crippen molar-refractivity contribution in [2.24, 2.45) is 5.92 Å². The Morgan fingerprint density at radius 2 is 2.00 bits per heavy atom. The summed E-state index contributed by atoms with van der Waals surface area (Å²) in [6, 6.07) is 10.7. The smallest absolute Gasteiger partial charge is 0.410 e. The molecule has 1 aromatic carbocycles. The zero-order valence-electron chi connectivity index (χ0n) is 25.1. The van der Waals surface area contributed by atoms with Gasteiger partial charge in [-0.15, -0.1) is 11.3 Å². The number of amides is 1. The van der Waals surface area contributed by atoms with Crippen LogP contribution in [0.4, 0.5) is 16.3 Å².